The predicted octanol–water partition coefficient (Wildman–Crippen LogP) is 3.54. The molecule has 2 aromatic carbocycles. The quantitative estimate of drug-likeness (QED) is 0.359. The van der Waals surface area contributed by atoms with Gasteiger partial charge in [0.2, 0.25) is 0 Å². The number of rotatable bonds is 10. The van der Waals surface area contributed by atoms with Crippen molar-refractivity contribution in [3.63, 3.8) is 0 Å². The first kappa shape index (κ1) is 24.4. The van der Waals surface area contributed by atoms with Gasteiger partial charge in [0.1, 0.15) is 11.5 Å². The molecule has 0 fully saturated rings. The summed E-state index contributed by atoms with van der Waals surface area (Å²) < 4.78 is 12.7. The van der Waals surface area contributed by atoms with Crippen molar-refractivity contribution < 1.29 is 14.6 Å². The van der Waals surface area contributed by atoms with Gasteiger partial charge in [0.05, 0.1) is 56.0 Å². The van der Waals surface area contributed by atoms with Gasteiger partial charge in [-0.05, 0) is 18.2 Å². The Bertz CT molecular complexity index is 1270. The van der Waals surface area contributed by atoms with E-state index in [1.807, 2.05) is 54.5 Å². The van der Waals surface area contributed by atoms with Crippen LogP contribution >= 0.6 is 0 Å². The molecule has 0 aliphatic heterocycles. The second kappa shape index (κ2) is 10.7. The van der Waals surface area contributed by atoms with E-state index in [0.717, 1.165) is 33.7 Å². The van der Waals surface area contributed by atoms with E-state index in [4.69, 9.17) is 14.5 Å². The summed E-state index contributed by atoms with van der Waals surface area (Å²) in [4.78, 5) is 11.5. The van der Waals surface area contributed by atoms with Gasteiger partial charge in [0.15, 0.2) is 0 Å². The average molecular weight is 477 g/mol. The fourth-order valence-electron chi connectivity index (χ4n) is 3.82. The Hall–Kier alpha value is -3.69. The van der Waals surface area contributed by atoms with Crippen LogP contribution in [0.4, 0.5) is 11.4 Å². The van der Waals surface area contributed by atoms with Crippen LogP contribution in [0.2, 0.25) is 0 Å². The van der Waals surface area contributed by atoms with Crippen molar-refractivity contribution in [2.24, 2.45) is 7.05 Å². The van der Waals surface area contributed by atoms with E-state index in [2.05, 4.69) is 29.2 Å². The molecule has 4 rings (SSSR count). The number of hydrogen-bond donors (Lipinski definition) is 2. The number of anilines is 2. The largest absolute Gasteiger partial charge is 0.497 e. The van der Waals surface area contributed by atoms with Crippen molar-refractivity contribution in [3.8, 4) is 22.8 Å². The predicted molar refractivity (Wildman–Crippen MR) is 137 cm³/mol. The van der Waals surface area contributed by atoms with Crippen LogP contribution in [-0.2, 0) is 7.05 Å². The van der Waals surface area contributed by atoms with E-state index in [1.54, 1.807) is 31.3 Å². The van der Waals surface area contributed by atoms with Gasteiger partial charge in [-0.1, -0.05) is 13.8 Å². The Balaban J connectivity index is 1.76. The van der Waals surface area contributed by atoms with Gasteiger partial charge in [0.25, 0.3) is 0 Å². The molecular weight excluding hydrogens is 444 g/mol. The van der Waals surface area contributed by atoms with Crippen molar-refractivity contribution >= 4 is 22.4 Å². The topological polar surface area (TPSA) is 97.6 Å². The molecule has 9 nitrogen and oxygen atoms in total. The minimum atomic E-state index is -0.613. The lowest BCUT2D eigenvalue weighted by molar-refractivity contribution is 0.176. The monoisotopic (exact) mass is 476 g/mol. The number of aliphatic hydroxyl groups excluding tert-OH is 1. The SMILES string of the molecule is COc1cc(OC)cc(N(C[C@@H](O)CNC(C)C)c2ccc3ncc(-c4cnn(C)c4)nc3c2)c1. The van der Waals surface area contributed by atoms with Gasteiger partial charge in [-0.3, -0.25) is 9.67 Å². The second-order valence-electron chi connectivity index (χ2n) is 8.73. The van der Waals surface area contributed by atoms with Crippen molar-refractivity contribution in [2.75, 3.05) is 32.2 Å². The van der Waals surface area contributed by atoms with Gasteiger partial charge in [-0.15, -0.1) is 0 Å². The molecule has 0 aliphatic carbocycles. The van der Waals surface area contributed by atoms with E-state index in [0.29, 0.717) is 24.6 Å². The first-order valence-electron chi connectivity index (χ1n) is 11.5. The van der Waals surface area contributed by atoms with Crippen LogP contribution in [0, 0.1) is 0 Å². The van der Waals surface area contributed by atoms with Crippen LogP contribution in [0.1, 0.15) is 13.8 Å². The number of hydrogen-bond acceptors (Lipinski definition) is 8. The highest BCUT2D eigenvalue weighted by molar-refractivity contribution is 5.82. The second-order valence-corrected chi connectivity index (χ2v) is 8.73. The van der Waals surface area contributed by atoms with E-state index in [1.165, 1.54) is 0 Å². The summed E-state index contributed by atoms with van der Waals surface area (Å²) >= 11 is 0. The van der Waals surface area contributed by atoms with Crippen LogP contribution in [0.25, 0.3) is 22.3 Å². The zero-order valence-corrected chi connectivity index (χ0v) is 20.8. The Kier molecular flexibility index (Phi) is 7.48. The number of methoxy groups -OCH3 is 2. The smallest absolute Gasteiger partial charge is 0.124 e. The molecule has 0 unspecified atom stereocenters. The third-order valence-electron chi connectivity index (χ3n) is 5.64. The number of aryl methyl sites for hydroxylation is 1. The minimum absolute atomic E-state index is 0.275. The van der Waals surface area contributed by atoms with Crippen molar-refractivity contribution in [1.29, 1.82) is 0 Å². The lowest BCUT2D eigenvalue weighted by Crippen LogP contribution is -2.38. The molecule has 0 amide bonds. The molecular formula is C26H32N6O3. The Morgan fingerprint density at radius 3 is 2.37 bits per heavy atom. The van der Waals surface area contributed by atoms with Gasteiger partial charge < -0.3 is 24.8 Å². The zero-order valence-electron chi connectivity index (χ0n) is 20.8. The maximum absolute atomic E-state index is 10.8. The molecule has 0 radical (unpaired) electrons. The van der Waals surface area contributed by atoms with E-state index < -0.39 is 6.10 Å². The summed E-state index contributed by atoms with van der Waals surface area (Å²) in [6.07, 6.45) is 4.82. The summed E-state index contributed by atoms with van der Waals surface area (Å²) in [7, 11) is 5.11. The molecule has 0 spiro atoms. The molecule has 0 aliphatic rings. The van der Waals surface area contributed by atoms with Crippen molar-refractivity contribution in [3.05, 3.63) is 55.0 Å². The van der Waals surface area contributed by atoms with Crippen molar-refractivity contribution in [2.45, 2.75) is 26.0 Å². The molecule has 0 saturated carbocycles. The fraction of sp³-hybridized carbons (Fsp3) is 0.346. The summed E-state index contributed by atoms with van der Waals surface area (Å²) in [5, 5.41) is 18.4. The van der Waals surface area contributed by atoms with Gasteiger partial charge in [-0.25, -0.2) is 4.98 Å². The van der Waals surface area contributed by atoms with Crippen LogP contribution < -0.4 is 19.7 Å². The summed E-state index contributed by atoms with van der Waals surface area (Å²) in [5.74, 6) is 1.33. The number of aliphatic hydroxyl groups is 1. The average Bonchev–Trinajstić information content (AvgIpc) is 3.31. The maximum atomic E-state index is 10.8. The highest BCUT2D eigenvalue weighted by atomic mass is 16.5. The molecule has 35 heavy (non-hydrogen) atoms. The van der Waals surface area contributed by atoms with Crippen LogP contribution in [-0.4, -0.2) is 64.3 Å². The van der Waals surface area contributed by atoms with Crippen molar-refractivity contribution in [1.82, 2.24) is 25.1 Å². The van der Waals surface area contributed by atoms with Gasteiger partial charge in [0, 0.05) is 61.0 Å². The van der Waals surface area contributed by atoms with E-state index in [9.17, 15) is 5.11 Å². The molecule has 2 heterocycles. The molecule has 2 N–H and O–H groups in total. The Morgan fingerprint density at radius 1 is 1.00 bits per heavy atom. The molecule has 1 atom stereocenters. The summed E-state index contributed by atoms with van der Waals surface area (Å²) in [5.41, 5.74) is 4.88. The number of nitrogens with zero attached hydrogens (tertiary/aromatic N) is 5. The van der Waals surface area contributed by atoms with Crippen LogP contribution in [0.15, 0.2) is 55.0 Å². The summed E-state index contributed by atoms with van der Waals surface area (Å²) in [6, 6.07) is 11.8. The van der Waals surface area contributed by atoms with Crippen LogP contribution in [0.3, 0.4) is 0 Å². The first-order chi connectivity index (χ1) is 16.9. The number of aromatic nitrogens is 4. The molecule has 0 saturated heterocycles. The lowest BCUT2D eigenvalue weighted by Gasteiger charge is -2.29. The van der Waals surface area contributed by atoms with E-state index >= 15 is 0 Å². The molecule has 2 aromatic heterocycles. The van der Waals surface area contributed by atoms with Gasteiger partial charge >= 0.3 is 0 Å². The fourth-order valence-corrected chi connectivity index (χ4v) is 3.82. The standard InChI is InChI=1S/C26H32N6O3/c1-17(2)27-13-21(33)16-32(20-8-22(34-4)11-23(9-20)35-5)19-6-7-24-25(10-19)30-26(14-28-24)18-12-29-31(3)15-18/h6-12,14-15,17,21,27,33H,13,16H2,1-5H3/t21-/m0/s1. The number of ether oxygens (including phenoxy) is 2. The maximum Gasteiger partial charge on any atom is 0.124 e. The molecule has 9 heteroatoms. The summed E-state index contributed by atoms with van der Waals surface area (Å²) in [6.45, 7) is 4.93. The van der Waals surface area contributed by atoms with Crippen LogP contribution in [0.5, 0.6) is 11.5 Å². The number of nitrogens with one attached hydrogen (secondary N) is 1. The normalized spacial score (nSPS) is 12.2. The molecule has 184 valence electrons. The Morgan fingerprint density at radius 2 is 1.74 bits per heavy atom. The number of benzene rings is 2. The molecule has 4 aromatic rings. The first-order valence-corrected chi connectivity index (χ1v) is 11.5. The zero-order chi connectivity index (χ0) is 24.9. The van der Waals surface area contributed by atoms with E-state index in [-0.39, 0.29) is 6.04 Å². The highest BCUT2D eigenvalue weighted by Crippen LogP contribution is 2.34. The lowest BCUT2D eigenvalue weighted by atomic mass is 10.1. The Labute approximate surface area is 205 Å². The number of fused-ring (bicyclic) bond motifs is 1. The third kappa shape index (κ3) is 5.87. The third-order valence-corrected chi connectivity index (χ3v) is 5.64. The minimum Gasteiger partial charge on any atom is -0.497 e. The van der Waals surface area contributed by atoms with Gasteiger partial charge in [-0.2, -0.15) is 5.10 Å². The highest BCUT2D eigenvalue weighted by Gasteiger charge is 2.18. The molecule has 0 bridgehead atoms.